The Morgan fingerprint density at radius 3 is 3.00 bits per heavy atom. The molecule has 0 atom stereocenters. The Morgan fingerprint density at radius 2 is 2.50 bits per heavy atom. The smallest absolute Gasteiger partial charge is 0.198 e. The number of nitrogens with zero attached hydrogens (tertiary/aromatic N) is 2. The number of hydrogen-bond acceptors (Lipinski definition) is 3. The molecule has 1 heterocycles. The van der Waals surface area contributed by atoms with E-state index < -0.39 is 0 Å². The summed E-state index contributed by atoms with van der Waals surface area (Å²) >= 11 is 1.11. The van der Waals surface area contributed by atoms with Crippen molar-refractivity contribution < 1.29 is 0 Å². The average molecular weight is 157 g/mol. The van der Waals surface area contributed by atoms with Gasteiger partial charge in [-0.1, -0.05) is 0 Å². The minimum Gasteiger partial charge on any atom is -0.369 e. The van der Waals surface area contributed by atoms with E-state index in [9.17, 15) is 0 Å². The number of rotatable bonds is 2. The fourth-order valence-corrected chi connectivity index (χ4v) is 0.817. The van der Waals surface area contributed by atoms with Crippen LogP contribution >= 0.6 is 11.9 Å². The molecule has 0 saturated heterocycles. The van der Waals surface area contributed by atoms with E-state index in [-0.39, 0.29) is 5.96 Å². The van der Waals surface area contributed by atoms with E-state index in [0.717, 1.165) is 11.9 Å². The van der Waals surface area contributed by atoms with Gasteiger partial charge >= 0.3 is 0 Å². The molecule has 1 rings (SSSR count). The minimum atomic E-state index is 0.0430. The number of H-pyrrole nitrogens is 1. The molecule has 0 amide bonds. The molecular weight excluding hydrogens is 150 g/mol. The molecule has 5 N–H and O–H groups in total. The van der Waals surface area contributed by atoms with E-state index in [2.05, 4.69) is 14.4 Å². The van der Waals surface area contributed by atoms with Crippen LogP contribution in [-0.4, -0.2) is 15.9 Å². The van der Waals surface area contributed by atoms with Gasteiger partial charge in [-0.15, -0.1) is 0 Å². The Kier molecular flexibility index (Phi) is 2.16. The molecular formula is C4H7N5S. The third kappa shape index (κ3) is 1.98. The quantitative estimate of drug-likeness (QED) is 0.312. The van der Waals surface area contributed by atoms with Gasteiger partial charge in [0.15, 0.2) is 11.1 Å². The highest BCUT2D eigenvalue weighted by Crippen LogP contribution is 2.11. The van der Waals surface area contributed by atoms with Gasteiger partial charge in [-0.05, 0) is 0 Å². The second-order valence-electron chi connectivity index (χ2n) is 1.50. The zero-order valence-electron chi connectivity index (χ0n) is 5.11. The molecule has 54 valence electrons. The van der Waals surface area contributed by atoms with Crippen LogP contribution < -0.4 is 11.5 Å². The Labute approximate surface area is 62.1 Å². The molecule has 0 fully saturated rings. The second-order valence-corrected chi connectivity index (χ2v) is 2.25. The van der Waals surface area contributed by atoms with Crippen molar-refractivity contribution in [2.75, 3.05) is 0 Å². The standard InChI is InChI=1S/C4H7N5S/c5-3(6)9-10-4-7-1-2-8-4/h1-2H,(H,7,8)(H4,5,6,9). The number of aromatic amines is 1. The summed E-state index contributed by atoms with van der Waals surface area (Å²) < 4.78 is 3.66. The Hall–Kier alpha value is -1.17. The summed E-state index contributed by atoms with van der Waals surface area (Å²) in [6.45, 7) is 0. The first-order valence-electron chi connectivity index (χ1n) is 2.54. The SMILES string of the molecule is NC(N)=NSc1ncc[nH]1. The van der Waals surface area contributed by atoms with Crippen molar-refractivity contribution in [3.05, 3.63) is 12.4 Å². The van der Waals surface area contributed by atoms with Gasteiger partial charge in [-0.25, -0.2) is 4.98 Å². The summed E-state index contributed by atoms with van der Waals surface area (Å²) in [6, 6.07) is 0. The van der Waals surface area contributed by atoms with Gasteiger partial charge < -0.3 is 16.5 Å². The highest BCUT2D eigenvalue weighted by molar-refractivity contribution is 7.98. The number of nitrogens with one attached hydrogen (secondary N) is 1. The first-order chi connectivity index (χ1) is 4.79. The van der Waals surface area contributed by atoms with Crippen molar-refractivity contribution in [3.63, 3.8) is 0 Å². The molecule has 0 unspecified atom stereocenters. The molecule has 5 nitrogen and oxygen atoms in total. The van der Waals surface area contributed by atoms with Crippen molar-refractivity contribution in [2.24, 2.45) is 15.9 Å². The number of hydrogen-bond donors (Lipinski definition) is 3. The number of aromatic nitrogens is 2. The van der Waals surface area contributed by atoms with E-state index in [1.165, 1.54) is 0 Å². The number of imidazole rings is 1. The molecule has 6 heteroatoms. The van der Waals surface area contributed by atoms with Gasteiger partial charge in [-0.2, -0.15) is 4.40 Å². The normalized spacial score (nSPS) is 9.20. The minimum absolute atomic E-state index is 0.0430. The Balaban J connectivity index is 2.49. The zero-order valence-corrected chi connectivity index (χ0v) is 5.93. The third-order valence-electron chi connectivity index (χ3n) is 0.711. The zero-order chi connectivity index (χ0) is 7.40. The Morgan fingerprint density at radius 1 is 1.70 bits per heavy atom. The summed E-state index contributed by atoms with van der Waals surface area (Å²) in [5.41, 5.74) is 10.1. The predicted molar refractivity (Wildman–Crippen MR) is 40.3 cm³/mol. The number of guanidine groups is 1. The molecule has 0 spiro atoms. The molecule has 0 aliphatic rings. The van der Waals surface area contributed by atoms with Crippen LogP contribution in [0.25, 0.3) is 0 Å². The molecule has 0 radical (unpaired) electrons. The molecule has 1 aromatic rings. The van der Waals surface area contributed by atoms with Gasteiger partial charge in [0.1, 0.15) is 0 Å². The van der Waals surface area contributed by atoms with E-state index in [1.54, 1.807) is 12.4 Å². The fourth-order valence-electron chi connectivity index (χ4n) is 0.397. The Bertz CT molecular complexity index is 212. The van der Waals surface area contributed by atoms with Gasteiger partial charge in [0.05, 0.1) is 11.9 Å². The largest absolute Gasteiger partial charge is 0.369 e. The highest BCUT2D eigenvalue weighted by Gasteiger charge is 1.91. The molecule has 0 saturated carbocycles. The van der Waals surface area contributed by atoms with E-state index in [4.69, 9.17) is 11.5 Å². The van der Waals surface area contributed by atoms with Crippen molar-refractivity contribution in [2.45, 2.75) is 5.16 Å². The van der Waals surface area contributed by atoms with Gasteiger partial charge in [-0.3, -0.25) is 0 Å². The van der Waals surface area contributed by atoms with Gasteiger partial charge in [0.2, 0.25) is 0 Å². The van der Waals surface area contributed by atoms with Crippen LogP contribution in [-0.2, 0) is 0 Å². The molecule has 1 aromatic heterocycles. The third-order valence-corrected chi connectivity index (χ3v) is 1.41. The van der Waals surface area contributed by atoms with Crippen molar-refractivity contribution in [3.8, 4) is 0 Å². The molecule has 0 aromatic carbocycles. The summed E-state index contributed by atoms with van der Waals surface area (Å²) in [5, 5.41) is 0.674. The molecule has 0 aliphatic heterocycles. The van der Waals surface area contributed by atoms with Crippen LogP contribution in [0.1, 0.15) is 0 Å². The topological polar surface area (TPSA) is 93.1 Å². The lowest BCUT2D eigenvalue weighted by Crippen LogP contribution is -2.21. The van der Waals surface area contributed by atoms with Crippen LogP contribution in [0.2, 0.25) is 0 Å². The van der Waals surface area contributed by atoms with Gasteiger partial charge in [0.25, 0.3) is 0 Å². The summed E-state index contributed by atoms with van der Waals surface area (Å²) in [4.78, 5) is 6.70. The van der Waals surface area contributed by atoms with Crippen LogP contribution in [0.3, 0.4) is 0 Å². The lowest BCUT2D eigenvalue weighted by molar-refractivity contribution is 1.06. The molecule has 0 bridgehead atoms. The van der Waals surface area contributed by atoms with Gasteiger partial charge in [0, 0.05) is 12.4 Å². The summed E-state index contributed by atoms with van der Waals surface area (Å²) in [6.07, 6.45) is 3.33. The maximum atomic E-state index is 5.07. The molecule has 0 aliphatic carbocycles. The lowest BCUT2D eigenvalue weighted by Gasteiger charge is -1.87. The summed E-state index contributed by atoms with van der Waals surface area (Å²) in [7, 11) is 0. The monoisotopic (exact) mass is 157 g/mol. The van der Waals surface area contributed by atoms with Crippen LogP contribution in [0.5, 0.6) is 0 Å². The van der Waals surface area contributed by atoms with E-state index >= 15 is 0 Å². The summed E-state index contributed by atoms with van der Waals surface area (Å²) in [5.74, 6) is 0.0430. The van der Waals surface area contributed by atoms with Crippen LogP contribution in [0.15, 0.2) is 21.9 Å². The number of nitrogens with two attached hydrogens (primary N) is 2. The average Bonchev–Trinajstić information content (AvgIpc) is 2.34. The maximum Gasteiger partial charge on any atom is 0.198 e. The first-order valence-corrected chi connectivity index (χ1v) is 3.31. The van der Waals surface area contributed by atoms with E-state index in [0.29, 0.717) is 5.16 Å². The fraction of sp³-hybridized carbons (Fsp3) is 0. The van der Waals surface area contributed by atoms with Crippen molar-refractivity contribution in [1.29, 1.82) is 0 Å². The second kappa shape index (κ2) is 3.11. The lowest BCUT2D eigenvalue weighted by atomic mass is 11.0. The highest BCUT2D eigenvalue weighted by atomic mass is 32.2. The maximum absolute atomic E-state index is 5.07. The molecule has 10 heavy (non-hydrogen) atoms. The van der Waals surface area contributed by atoms with E-state index in [1.807, 2.05) is 0 Å². The van der Waals surface area contributed by atoms with Crippen molar-refractivity contribution >= 4 is 17.9 Å². The van der Waals surface area contributed by atoms with Crippen LogP contribution in [0.4, 0.5) is 0 Å². The van der Waals surface area contributed by atoms with Crippen LogP contribution in [0, 0.1) is 0 Å². The predicted octanol–water partition coefficient (Wildman–Crippen LogP) is -0.310. The van der Waals surface area contributed by atoms with Crippen molar-refractivity contribution in [1.82, 2.24) is 9.97 Å². The first kappa shape index (κ1) is 6.94.